The Labute approximate surface area is 122 Å². The van der Waals surface area contributed by atoms with E-state index in [1.54, 1.807) is 7.05 Å². The van der Waals surface area contributed by atoms with Crippen molar-refractivity contribution in [3.05, 3.63) is 38.6 Å². The van der Waals surface area contributed by atoms with Crippen LogP contribution in [0.25, 0.3) is 0 Å². The van der Waals surface area contributed by atoms with Crippen molar-refractivity contribution in [2.75, 3.05) is 12.4 Å². The second-order valence-corrected chi connectivity index (χ2v) is 4.21. The van der Waals surface area contributed by atoms with Gasteiger partial charge in [-0.05, 0) is 17.7 Å². The number of nitro groups is 1. The number of ether oxygens (including phenoxy) is 1. The molecule has 0 fully saturated rings. The van der Waals surface area contributed by atoms with Gasteiger partial charge in [0.05, 0.1) is 4.92 Å². The summed E-state index contributed by atoms with van der Waals surface area (Å²) in [4.78, 5) is 21.7. The molecule has 2 rings (SSSR count). The molecule has 0 spiro atoms. The summed E-state index contributed by atoms with van der Waals surface area (Å²) < 4.78 is 5.26. The number of hydrogen-bond acceptors (Lipinski definition) is 7. The number of nitrogens with zero attached hydrogens (tertiary/aromatic N) is 4. The zero-order chi connectivity index (χ0) is 14.7. The third-order valence-electron chi connectivity index (χ3n) is 2.13. The van der Waals surface area contributed by atoms with Crippen molar-refractivity contribution in [1.82, 2.24) is 15.0 Å². The second kappa shape index (κ2) is 5.85. The van der Waals surface area contributed by atoms with Crippen LogP contribution in [0, 0.1) is 10.1 Å². The molecule has 0 radical (unpaired) electrons. The van der Waals surface area contributed by atoms with E-state index in [0.717, 1.165) is 0 Å². The van der Waals surface area contributed by atoms with E-state index in [0.29, 0.717) is 0 Å². The highest BCUT2D eigenvalue weighted by atomic mass is 35.5. The van der Waals surface area contributed by atoms with Gasteiger partial charge in [0, 0.05) is 24.2 Å². The van der Waals surface area contributed by atoms with Crippen LogP contribution in [-0.4, -0.2) is 26.9 Å². The summed E-state index contributed by atoms with van der Waals surface area (Å²) in [5.74, 6) is 0.0801. The number of hydrogen-bond donors (Lipinski definition) is 1. The lowest BCUT2D eigenvalue weighted by atomic mass is 10.3. The maximum Gasteiger partial charge on any atom is 0.328 e. The second-order valence-electron chi connectivity index (χ2n) is 3.43. The smallest absolute Gasteiger partial charge is 0.328 e. The number of aromatic nitrogens is 3. The van der Waals surface area contributed by atoms with Crippen molar-refractivity contribution in [3.8, 4) is 11.8 Å². The molecular formula is C10H7Cl2N5O3. The quantitative estimate of drug-likeness (QED) is 0.683. The number of rotatable bonds is 4. The Balaban J connectivity index is 2.41. The zero-order valence-corrected chi connectivity index (χ0v) is 11.5. The molecule has 0 aliphatic carbocycles. The molecule has 0 aliphatic rings. The predicted molar refractivity (Wildman–Crippen MR) is 72.6 cm³/mol. The highest BCUT2D eigenvalue weighted by Gasteiger charge is 2.18. The summed E-state index contributed by atoms with van der Waals surface area (Å²) in [5, 5.41) is 13.7. The third-order valence-corrected chi connectivity index (χ3v) is 2.54. The summed E-state index contributed by atoms with van der Waals surface area (Å²) in [6, 6.07) is 3.71. The first-order chi connectivity index (χ1) is 9.49. The fourth-order valence-corrected chi connectivity index (χ4v) is 1.62. The van der Waals surface area contributed by atoms with Gasteiger partial charge >= 0.3 is 11.7 Å². The summed E-state index contributed by atoms with van der Waals surface area (Å²) in [6.07, 6.45) is 0. The largest absolute Gasteiger partial charge is 0.417 e. The van der Waals surface area contributed by atoms with Crippen LogP contribution >= 0.6 is 23.2 Å². The summed E-state index contributed by atoms with van der Waals surface area (Å²) in [5.41, 5.74) is -0.267. The fourth-order valence-electron chi connectivity index (χ4n) is 1.31. The molecule has 1 heterocycles. The van der Waals surface area contributed by atoms with Crippen LogP contribution < -0.4 is 10.1 Å². The van der Waals surface area contributed by atoms with Crippen LogP contribution in [-0.2, 0) is 0 Å². The van der Waals surface area contributed by atoms with E-state index < -0.39 is 4.92 Å². The molecule has 0 atom stereocenters. The molecule has 8 nitrogen and oxygen atoms in total. The molecule has 0 aliphatic heterocycles. The van der Waals surface area contributed by atoms with Gasteiger partial charge in [0.1, 0.15) is 0 Å². The van der Waals surface area contributed by atoms with E-state index in [2.05, 4.69) is 20.3 Å². The van der Waals surface area contributed by atoms with Crippen molar-refractivity contribution >= 4 is 34.8 Å². The Morgan fingerprint density at radius 3 is 2.70 bits per heavy atom. The first-order valence-electron chi connectivity index (χ1n) is 5.20. The van der Waals surface area contributed by atoms with Crippen LogP contribution in [0.1, 0.15) is 0 Å². The Bertz CT molecular complexity index is 667. The van der Waals surface area contributed by atoms with Gasteiger partial charge in [-0.25, -0.2) is 0 Å². The van der Waals surface area contributed by atoms with Gasteiger partial charge in [0.15, 0.2) is 0 Å². The first kappa shape index (κ1) is 14.2. The molecule has 2 aromatic rings. The summed E-state index contributed by atoms with van der Waals surface area (Å²) in [6.45, 7) is 0. The van der Waals surface area contributed by atoms with Gasteiger partial charge in [-0.2, -0.15) is 15.0 Å². The number of halogens is 2. The molecule has 1 aromatic carbocycles. The molecule has 20 heavy (non-hydrogen) atoms. The van der Waals surface area contributed by atoms with Gasteiger partial charge in [0.2, 0.25) is 17.0 Å². The molecule has 0 saturated heterocycles. The molecule has 0 unspecified atom stereocenters. The lowest BCUT2D eigenvalue weighted by Gasteiger charge is -2.06. The van der Waals surface area contributed by atoms with E-state index >= 15 is 0 Å². The van der Waals surface area contributed by atoms with E-state index in [4.69, 9.17) is 27.9 Å². The average molecular weight is 316 g/mol. The molecule has 0 amide bonds. The minimum atomic E-state index is -0.604. The van der Waals surface area contributed by atoms with Crippen molar-refractivity contribution in [2.45, 2.75) is 0 Å². The summed E-state index contributed by atoms with van der Waals surface area (Å²) >= 11 is 11.5. The van der Waals surface area contributed by atoms with Crippen LogP contribution in [0.15, 0.2) is 18.2 Å². The van der Waals surface area contributed by atoms with Crippen LogP contribution in [0.4, 0.5) is 11.6 Å². The normalized spacial score (nSPS) is 10.2. The van der Waals surface area contributed by atoms with E-state index in [1.807, 2.05) is 0 Å². The molecule has 104 valence electrons. The molecule has 1 aromatic heterocycles. The maximum atomic E-state index is 10.9. The van der Waals surface area contributed by atoms with Crippen molar-refractivity contribution in [3.63, 3.8) is 0 Å². The SMILES string of the molecule is CNc1nc(Cl)nc(Oc2cc(Cl)ccc2[N+](=O)[O-])n1. The Hall–Kier alpha value is -2.19. The van der Waals surface area contributed by atoms with Crippen molar-refractivity contribution < 1.29 is 9.66 Å². The van der Waals surface area contributed by atoms with Gasteiger partial charge in [-0.3, -0.25) is 10.1 Å². The number of anilines is 1. The van der Waals surface area contributed by atoms with Gasteiger partial charge in [-0.1, -0.05) is 11.6 Å². The maximum absolute atomic E-state index is 10.9. The predicted octanol–water partition coefficient (Wildman–Crippen LogP) is 2.92. The Morgan fingerprint density at radius 1 is 1.30 bits per heavy atom. The molecule has 1 N–H and O–H groups in total. The first-order valence-corrected chi connectivity index (χ1v) is 5.96. The third kappa shape index (κ3) is 3.22. The average Bonchev–Trinajstić information content (AvgIpc) is 2.37. The topological polar surface area (TPSA) is 103 Å². The Morgan fingerprint density at radius 2 is 2.05 bits per heavy atom. The van der Waals surface area contributed by atoms with Gasteiger partial charge in [0.25, 0.3) is 0 Å². The van der Waals surface area contributed by atoms with Crippen molar-refractivity contribution in [1.29, 1.82) is 0 Å². The minimum absolute atomic E-state index is 0.0909. The number of nitrogens with one attached hydrogen (secondary N) is 1. The minimum Gasteiger partial charge on any atom is -0.417 e. The molecule has 0 saturated carbocycles. The lowest BCUT2D eigenvalue weighted by Crippen LogP contribution is -2.02. The van der Waals surface area contributed by atoms with Crippen LogP contribution in [0.2, 0.25) is 10.3 Å². The monoisotopic (exact) mass is 315 g/mol. The molecular weight excluding hydrogens is 309 g/mol. The number of nitro benzene ring substituents is 1. The standard InChI is InChI=1S/C10H7Cl2N5O3/c1-13-9-14-8(12)15-10(16-9)20-7-4-5(11)2-3-6(7)17(18)19/h2-4H,1H3,(H,13,14,15,16). The van der Waals surface area contributed by atoms with E-state index in [9.17, 15) is 10.1 Å². The molecule has 10 heteroatoms. The highest BCUT2D eigenvalue weighted by molar-refractivity contribution is 6.30. The van der Waals surface area contributed by atoms with Gasteiger partial charge in [-0.15, -0.1) is 0 Å². The van der Waals surface area contributed by atoms with E-state index in [-0.39, 0.29) is 33.7 Å². The fraction of sp³-hybridized carbons (Fsp3) is 0.100. The van der Waals surface area contributed by atoms with Crippen LogP contribution in [0.5, 0.6) is 11.8 Å². The van der Waals surface area contributed by atoms with E-state index in [1.165, 1.54) is 18.2 Å². The van der Waals surface area contributed by atoms with Gasteiger partial charge < -0.3 is 10.1 Å². The zero-order valence-electron chi connectivity index (χ0n) is 10.0. The van der Waals surface area contributed by atoms with Crippen LogP contribution in [0.3, 0.4) is 0 Å². The Kier molecular flexibility index (Phi) is 4.16. The lowest BCUT2D eigenvalue weighted by molar-refractivity contribution is -0.385. The number of benzene rings is 1. The highest BCUT2D eigenvalue weighted by Crippen LogP contribution is 2.32. The van der Waals surface area contributed by atoms with Crippen molar-refractivity contribution in [2.24, 2.45) is 0 Å². The summed E-state index contributed by atoms with van der Waals surface area (Å²) in [7, 11) is 1.58. The molecule has 0 bridgehead atoms.